The first-order valence-electron chi connectivity index (χ1n) is 9.41. The maximum atomic E-state index is 13.5. The Kier molecular flexibility index (Phi) is 5.12. The third-order valence-corrected chi connectivity index (χ3v) is 4.91. The highest BCUT2D eigenvalue weighted by Crippen LogP contribution is 2.28. The van der Waals surface area contributed by atoms with Crippen molar-refractivity contribution in [2.45, 2.75) is 6.04 Å². The first-order valence-corrected chi connectivity index (χ1v) is 9.41. The van der Waals surface area contributed by atoms with E-state index in [9.17, 15) is 9.59 Å². The highest BCUT2D eigenvalue weighted by molar-refractivity contribution is 6.11. The second kappa shape index (κ2) is 8.02. The van der Waals surface area contributed by atoms with Crippen LogP contribution in [-0.4, -0.2) is 23.7 Å². The number of anilines is 1. The number of para-hydroxylation sites is 1. The van der Waals surface area contributed by atoms with Gasteiger partial charge in [0.2, 0.25) is 0 Å². The average Bonchev–Trinajstić information content (AvgIpc) is 3.21. The number of rotatable bonds is 6. The number of amides is 1. The molecule has 29 heavy (non-hydrogen) atoms. The van der Waals surface area contributed by atoms with Crippen LogP contribution in [0.5, 0.6) is 0 Å². The molecule has 0 spiro atoms. The van der Waals surface area contributed by atoms with Crippen LogP contribution in [0.4, 0.5) is 5.69 Å². The number of Topliss-reactive ketones (excluding diaryl/α,β-unsaturated/α-hetero) is 1. The van der Waals surface area contributed by atoms with E-state index in [-0.39, 0.29) is 11.7 Å². The van der Waals surface area contributed by atoms with Crippen molar-refractivity contribution in [3.8, 4) is 0 Å². The second-order valence-corrected chi connectivity index (χ2v) is 6.76. The van der Waals surface area contributed by atoms with E-state index in [1.165, 1.54) is 0 Å². The quantitative estimate of drug-likeness (QED) is 0.427. The molecule has 0 aliphatic rings. The van der Waals surface area contributed by atoms with E-state index in [4.69, 9.17) is 0 Å². The van der Waals surface area contributed by atoms with Gasteiger partial charge in [0.25, 0.3) is 5.91 Å². The summed E-state index contributed by atoms with van der Waals surface area (Å²) in [4.78, 5) is 28.7. The van der Waals surface area contributed by atoms with Gasteiger partial charge in [0.1, 0.15) is 6.04 Å². The zero-order valence-corrected chi connectivity index (χ0v) is 16.0. The molecule has 144 valence electrons. The summed E-state index contributed by atoms with van der Waals surface area (Å²) in [6.45, 7) is 0. The van der Waals surface area contributed by atoms with Gasteiger partial charge in [-0.25, -0.2) is 0 Å². The fraction of sp³-hybridized carbons (Fsp3) is 0.0833. The molecule has 0 radical (unpaired) electrons. The number of nitrogens with one attached hydrogen (secondary N) is 3. The SMILES string of the molecule is CNC(=O)c1cccc(N[C@@H](C(=O)c2c[nH]c3ccccc23)c2ccccc2)c1. The largest absolute Gasteiger partial charge is 0.371 e. The van der Waals surface area contributed by atoms with E-state index < -0.39 is 6.04 Å². The van der Waals surface area contributed by atoms with E-state index in [0.717, 1.165) is 16.5 Å². The lowest BCUT2D eigenvalue weighted by atomic mass is 9.96. The van der Waals surface area contributed by atoms with Gasteiger partial charge in [0, 0.05) is 41.0 Å². The van der Waals surface area contributed by atoms with Gasteiger partial charge in [-0.2, -0.15) is 0 Å². The van der Waals surface area contributed by atoms with E-state index in [2.05, 4.69) is 15.6 Å². The molecule has 0 saturated heterocycles. The van der Waals surface area contributed by atoms with Crippen molar-refractivity contribution in [2.24, 2.45) is 0 Å². The Morgan fingerprint density at radius 2 is 1.66 bits per heavy atom. The van der Waals surface area contributed by atoms with Crippen LogP contribution in [0.2, 0.25) is 0 Å². The Bertz CT molecular complexity index is 1160. The van der Waals surface area contributed by atoms with E-state index >= 15 is 0 Å². The summed E-state index contributed by atoms with van der Waals surface area (Å²) in [5.74, 6) is -0.216. The van der Waals surface area contributed by atoms with Gasteiger partial charge in [0.05, 0.1) is 0 Å². The Labute approximate surface area is 168 Å². The zero-order chi connectivity index (χ0) is 20.2. The minimum Gasteiger partial charge on any atom is -0.371 e. The van der Waals surface area contributed by atoms with Gasteiger partial charge in [0.15, 0.2) is 5.78 Å². The lowest BCUT2D eigenvalue weighted by Gasteiger charge is -2.19. The zero-order valence-electron chi connectivity index (χ0n) is 16.0. The molecule has 0 saturated carbocycles. The molecule has 1 aromatic heterocycles. The number of carbonyl (C=O) groups excluding carboxylic acids is 2. The number of aromatic amines is 1. The molecule has 0 aliphatic heterocycles. The first kappa shape index (κ1) is 18.5. The van der Waals surface area contributed by atoms with Crippen LogP contribution in [0.25, 0.3) is 10.9 Å². The second-order valence-electron chi connectivity index (χ2n) is 6.76. The highest BCUT2D eigenvalue weighted by atomic mass is 16.1. The third kappa shape index (κ3) is 3.75. The van der Waals surface area contributed by atoms with Crippen LogP contribution in [0.15, 0.2) is 85.1 Å². The minimum absolute atomic E-state index is 0.0426. The van der Waals surface area contributed by atoms with Crippen molar-refractivity contribution >= 4 is 28.3 Å². The lowest BCUT2D eigenvalue weighted by molar-refractivity contribution is 0.0959. The lowest BCUT2D eigenvalue weighted by Crippen LogP contribution is -2.22. The maximum absolute atomic E-state index is 13.5. The highest BCUT2D eigenvalue weighted by Gasteiger charge is 2.24. The van der Waals surface area contributed by atoms with Crippen molar-refractivity contribution in [1.82, 2.24) is 10.3 Å². The first-order chi connectivity index (χ1) is 14.2. The Morgan fingerprint density at radius 3 is 2.45 bits per heavy atom. The van der Waals surface area contributed by atoms with Crippen molar-refractivity contribution in [3.05, 3.63) is 102 Å². The number of hydrogen-bond donors (Lipinski definition) is 3. The summed E-state index contributed by atoms with van der Waals surface area (Å²) in [6.07, 6.45) is 1.76. The smallest absolute Gasteiger partial charge is 0.251 e. The molecular formula is C24H21N3O2. The van der Waals surface area contributed by atoms with Crippen LogP contribution < -0.4 is 10.6 Å². The molecule has 1 heterocycles. The number of hydrogen-bond acceptors (Lipinski definition) is 3. The number of fused-ring (bicyclic) bond motifs is 1. The third-order valence-electron chi connectivity index (χ3n) is 4.91. The van der Waals surface area contributed by atoms with Crippen molar-refractivity contribution in [1.29, 1.82) is 0 Å². The summed E-state index contributed by atoms with van der Waals surface area (Å²) >= 11 is 0. The van der Waals surface area contributed by atoms with Crippen LogP contribution in [0.1, 0.15) is 32.3 Å². The van der Waals surface area contributed by atoms with Gasteiger partial charge in [-0.1, -0.05) is 54.6 Å². The maximum Gasteiger partial charge on any atom is 0.251 e. The number of aromatic nitrogens is 1. The van der Waals surface area contributed by atoms with E-state index in [0.29, 0.717) is 16.8 Å². The summed E-state index contributed by atoms with van der Waals surface area (Å²) < 4.78 is 0. The van der Waals surface area contributed by atoms with E-state index in [1.54, 1.807) is 31.4 Å². The Hall–Kier alpha value is -3.86. The molecular weight excluding hydrogens is 362 g/mol. The molecule has 5 heteroatoms. The Balaban J connectivity index is 1.73. The predicted molar refractivity (Wildman–Crippen MR) is 115 cm³/mol. The van der Waals surface area contributed by atoms with Gasteiger partial charge in [-0.15, -0.1) is 0 Å². The molecule has 1 atom stereocenters. The Morgan fingerprint density at radius 1 is 0.897 bits per heavy atom. The summed E-state index contributed by atoms with van der Waals surface area (Å²) in [5.41, 5.74) is 3.64. The van der Waals surface area contributed by atoms with Crippen LogP contribution in [0, 0.1) is 0 Å². The standard InChI is InChI=1S/C24H21N3O2/c1-25-24(29)17-10-7-11-18(14-17)27-22(16-8-3-2-4-9-16)23(28)20-15-26-21-13-6-5-12-19(20)21/h2-15,22,26-27H,1H3,(H,25,29)/t22-/m1/s1. The van der Waals surface area contributed by atoms with Crippen molar-refractivity contribution in [2.75, 3.05) is 12.4 Å². The minimum atomic E-state index is -0.588. The van der Waals surface area contributed by atoms with Gasteiger partial charge in [-0.3, -0.25) is 9.59 Å². The van der Waals surface area contributed by atoms with Crippen LogP contribution >= 0.6 is 0 Å². The number of H-pyrrole nitrogens is 1. The monoisotopic (exact) mass is 383 g/mol. The molecule has 3 aromatic carbocycles. The van der Waals surface area contributed by atoms with Crippen molar-refractivity contribution in [3.63, 3.8) is 0 Å². The van der Waals surface area contributed by atoms with Gasteiger partial charge >= 0.3 is 0 Å². The summed E-state index contributed by atoms with van der Waals surface area (Å²) in [7, 11) is 1.59. The number of benzene rings is 3. The van der Waals surface area contributed by atoms with Gasteiger partial charge < -0.3 is 15.6 Å². The number of ketones is 1. The molecule has 0 bridgehead atoms. The van der Waals surface area contributed by atoms with Crippen LogP contribution in [0.3, 0.4) is 0 Å². The molecule has 0 unspecified atom stereocenters. The molecule has 0 aliphatic carbocycles. The molecule has 3 N–H and O–H groups in total. The van der Waals surface area contributed by atoms with E-state index in [1.807, 2.05) is 60.7 Å². The van der Waals surface area contributed by atoms with Crippen molar-refractivity contribution < 1.29 is 9.59 Å². The molecule has 1 amide bonds. The number of carbonyl (C=O) groups is 2. The molecule has 5 nitrogen and oxygen atoms in total. The molecule has 0 fully saturated rings. The normalized spacial score (nSPS) is 11.8. The predicted octanol–water partition coefficient (Wildman–Crippen LogP) is 4.56. The fourth-order valence-corrected chi connectivity index (χ4v) is 3.44. The molecule has 4 aromatic rings. The topological polar surface area (TPSA) is 74.0 Å². The van der Waals surface area contributed by atoms with Gasteiger partial charge in [-0.05, 0) is 29.8 Å². The van der Waals surface area contributed by atoms with Crippen LogP contribution in [-0.2, 0) is 0 Å². The summed E-state index contributed by atoms with van der Waals surface area (Å²) in [5, 5.41) is 6.83. The molecule has 4 rings (SSSR count). The fourth-order valence-electron chi connectivity index (χ4n) is 3.44. The average molecular weight is 383 g/mol. The summed E-state index contributed by atoms with van der Waals surface area (Å²) in [6, 6.07) is 23.9.